The quantitative estimate of drug-likeness (QED) is 0.714. The number of pyridine rings is 1. The fourth-order valence-electron chi connectivity index (χ4n) is 5.99. The first-order valence-corrected chi connectivity index (χ1v) is 12.4. The number of carbonyl (C=O) groups excluding carboxylic acids is 1. The molecule has 4 fully saturated rings. The van der Waals surface area contributed by atoms with Gasteiger partial charge in [-0.15, -0.1) is 0 Å². The standard InChI is InChI=1S/C25H31ClN4O3/c1-24(15-33-14-21(24)31)30-7-5-29(6-8-30)20-10-16-11-22(27-13-17(16)9-19(20)26)28-23(32)18-12-25(18)3-2-4-25/h9-11,13,18,21,31H,2-8,12,14-15H2,1H3,(H,27,28,32). The maximum Gasteiger partial charge on any atom is 0.229 e. The van der Waals surface area contributed by atoms with E-state index in [0.29, 0.717) is 29.5 Å². The molecule has 3 unspecified atom stereocenters. The summed E-state index contributed by atoms with van der Waals surface area (Å²) in [4.78, 5) is 21.8. The number of aliphatic hydroxyl groups is 1. The second kappa shape index (κ2) is 7.80. The van der Waals surface area contributed by atoms with Crippen molar-refractivity contribution in [2.75, 3.05) is 49.6 Å². The Bertz CT molecular complexity index is 1100. The topological polar surface area (TPSA) is 77.9 Å². The fourth-order valence-corrected chi connectivity index (χ4v) is 6.28. The minimum atomic E-state index is -0.454. The van der Waals surface area contributed by atoms with Gasteiger partial charge in [-0.3, -0.25) is 9.69 Å². The predicted octanol–water partition coefficient (Wildman–Crippen LogP) is 3.29. The van der Waals surface area contributed by atoms with Crippen molar-refractivity contribution >= 4 is 39.8 Å². The van der Waals surface area contributed by atoms with Crippen molar-refractivity contribution < 1.29 is 14.6 Å². The van der Waals surface area contributed by atoms with Crippen LogP contribution in [0, 0.1) is 11.3 Å². The van der Waals surface area contributed by atoms with Crippen molar-refractivity contribution in [1.29, 1.82) is 0 Å². The summed E-state index contributed by atoms with van der Waals surface area (Å²) in [5, 5.41) is 16.1. The molecular weight excluding hydrogens is 440 g/mol. The molecule has 0 radical (unpaired) electrons. The van der Waals surface area contributed by atoms with Gasteiger partial charge in [0.15, 0.2) is 0 Å². The molecule has 1 spiro atoms. The van der Waals surface area contributed by atoms with Crippen LogP contribution in [-0.2, 0) is 9.53 Å². The number of aliphatic hydroxyl groups excluding tert-OH is 1. The van der Waals surface area contributed by atoms with E-state index in [9.17, 15) is 9.90 Å². The first kappa shape index (κ1) is 21.6. The molecule has 33 heavy (non-hydrogen) atoms. The van der Waals surface area contributed by atoms with E-state index in [-0.39, 0.29) is 17.4 Å². The summed E-state index contributed by atoms with van der Waals surface area (Å²) in [5.41, 5.74) is 0.982. The molecule has 176 valence electrons. The van der Waals surface area contributed by atoms with Crippen LogP contribution >= 0.6 is 11.6 Å². The van der Waals surface area contributed by atoms with Gasteiger partial charge in [-0.25, -0.2) is 4.98 Å². The van der Waals surface area contributed by atoms with Gasteiger partial charge in [-0.05, 0) is 55.2 Å². The van der Waals surface area contributed by atoms with Gasteiger partial charge in [-0.1, -0.05) is 18.0 Å². The van der Waals surface area contributed by atoms with E-state index in [1.54, 1.807) is 6.20 Å². The lowest BCUT2D eigenvalue weighted by atomic mass is 9.80. The van der Waals surface area contributed by atoms with Gasteiger partial charge in [0.25, 0.3) is 0 Å². The number of nitrogens with one attached hydrogen (secondary N) is 1. The van der Waals surface area contributed by atoms with Gasteiger partial charge in [0.2, 0.25) is 5.91 Å². The number of rotatable bonds is 4. The van der Waals surface area contributed by atoms with Gasteiger partial charge in [0, 0.05) is 43.7 Å². The van der Waals surface area contributed by atoms with Crippen LogP contribution in [0.15, 0.2) is 24.4 Å². The number of hydrogen-bond donors (Lipinski definition) is 2. The van der Waals surface area contributed by atoms with E-state index >= 15 is 0 Å². The van der Waals surface area contributed by atoms with Crippen LogP contribution in [0.3, 0.4) is 0 Å². The Morgan fingerprint density at radius 1 is 1.21 bits per heavy atom. The molecule has 2 aliphatic carbocycles. The number of nitrogens with zero attached hydrogens (tertiary/aromatic N) is 3. The molecule has 8 heteroatoms. The third-order valence-electron chi connectivity index (χ3n) is 8.62. The van der Waals surface area contributed by atoms with Crippen molar-refractivity contribution in [3.05, 3.63) is 29.4 Å². The molecule has 2 aromatic rings. The summed E-state index contributed by atoms with van der Waals surface area (Å²) in [6.07, 6.45) is 5.99. The number of piperazine rings is 1. The van der Waals surface area contributed by atoms with Crippen molar-refractivity contribution in [3.63, 3.8) is 0 Å². The first-order chi connectivity index (χ1) is 15.9. The van der Waals surface area contributed by atoms with Crippen molar-refractivity contribution in [3.8, 4) is 0 Å². The second-order valence-corrected chi connectivity index (χ2v) is 11.0. The van der Waals surface area contributed by atoms with Gasteiger partial charge >= 0.3 is 0 Å². The zero-order chi connectivity index (χ0) is 22.8. The number of fused-ring (bicyclic) bond motifs is 1. The first-order valence-electron chi connectivity index (χ1n) is 12.0. The van der Waals surface area contributed by atoms with Crippen molar-refractivity contribution in [2.45, 2.75) is 44.2 Å². The summed E-state index contributed by atoms with van der Waals surface area (Å²) in [6.45, 7) is 6.38. The zero-order valence-corrected chi connectivity index (χ0v) is 19.8. The van der Waals surface area contributed by atoms with Gasteiger partial charge in [0.05, 0.1) is 35.6 Å². The highest BCUT2D eigenvalue weighted by atomic mass is 35.5. The van der Waals surface area contributed by atoms with E-state index in [1.165, 1.54) is 19.3 Å². The highest BCUT2D eigenvalue weighted by molar-refractivity contribution is 6.34. The normalized spacial score (nSPS) is 31.1. The molecule has 3 atom stereocenters. The minimum Gasteiger partial charge on any atom is -0.389 e. The molecule has 1 aromatic heterocycles. The average Bonchev–Trinajstić information content (AvgIpc) is 3.48. The van der Waals surface area contributed by atoms with E-state index < -0.39 is 6.10 Å². The molecule has 6 rings (SSSR count). The van der Waals surface area contributed by atoms with Crippen LogP contribution in [0.2, 0.25) is 5.02 Å². The molecule has 2 N–H and O–H groups in total. The maximum atomic E-state index is 12.7. The third kappa shape index (κ3) is 3.60. The predicted molar refractivity (Wildman–Crippen MR) is 129 cm³/mol. The summed E-state index contributed by atoms with van der Waals surface area (Å²) in [6, 6.07) is 6.01. The number of ether oxygens (including phenoxy) is 1. The van der Waals surface area contributed by atoms with Crippen LogP contribution in [0.25, 0.3) is 10.8 Å². The van der Waals surface area contributed by atoms with Crippen LogP contribution in [0.4, 0.5) is 11.5 Å². The Morgan fingerprint density at radius 2 is 2.00 bits per heavy atom. The number of anilines is 2. The molecule has 1 amide bonds. The van der Waals surface area contributed by atoms with Crippen LogP contribution in [0.1, 0.15) is 32.6 Å². The molecular formula is C25H31ClN4O3. The SMILES string of the molecule is CC1(N2CCN(c3cc4cc(NC(=O)C5CC56CCC6)ncc4cc3Cl)CC2)COCC1O. The summed E-state index contributed by atoms with van der Waals surface area (Å²) in [7, 11) is 0. The molecule has 2 aliphatic heterocycles. The maximum absolute atomic E-state index is 12.7. The molecule has 2 saturated heterocycles. The molecule has 4 aliphatic rings. The number of hydrogen-bond acceptors (Lipinski definition) is 6. The van der Waals surface area contributed by atoms with Crippen molar-refractivity contribution in [1.82, 2.24) is 9.88 Å². The van der Waals surface area contributed by atoms with Crippen LogP contribution in [-0.4, -0.2) is 71.9 Å². The Hall–Kier alpha value is -1.93. The lowest BCUT2D eigenvalue weighted by Gasteiger charge is -2.45. The molecule has 1 aromatic carbocycles. The summed E-state index contributed by atoms with van der Waals surface area (Å²) < 4.78 is 5.52. The highest BCUT2D eigenvalue weighted by Gasteiger charge is 2.60. The van der Waals surface area contributed by atoms with Gasteiger partial charge < -0.3 is 20.1 Å². The van der Waals surface area contributed by atoms with E-state index in [0.717, 1.165) is 49.1 Å². The van der Waals surface area contributed by atoms with Crippen LogP contribution < -0.4 is 10.2 Å². The lowest BCUT2D eigenvalue weighted by molar-refractivity contribution is -0.118. The van der Waals surface area contributed by atoms with Gasteiger partial charge in [-0.2, -0.15) is 0 Å². The Kier molecular flexibility index (Phi) is 5.11. The van der Waals surface area contributed by atoms with E-state index in [4.69, 9.17) is 16.3 Å². The largest absolute Gasteiger partial charge is 0.389 e. The summed E-state index contributed by atoms with van der Waals surface area (Å²) >= 11 is 6.67. The minimum absolute atomic E-state index is 0.110. The monoisotopic (exact) mass is 470 g/mol. The Labute approximate surface area is 199 Å². The summed E-state index contributed by atoms with van der Waals surface area (Å²) in [5.74, 6) is 0.875. The van der Waals surface area contributed by atoms with E-state index in [1.807, 2.05) is 12.1 Å². The number of halogens is 1. The molecule has 0 bridgehead atoms. The average molecular weight is 471 g/mol. The molecule has 3 heterocycles. The number of carbonyl (C=O) groups is 1. The number of aromatic nitrogens is 1. The fraction of sp³-hybridized carbons (Fsp3) is 0.600. The number of benzene rings is 1. The van der Waals surface area contributed by atoms with E-state index in [2.05, 4.69) is 33.1 Å². The smallest absolute Gasteiger partial charge is 0.229 e. The highest BCUT2D eigenvalue weighted by Crippen LogP contribution is 2.65. The van der Waals surface area contributed by atoms with Crippen LogP contribution in [0.5, 0.6) is 0 Å². The molecule has 7 nitrogen and oxygen atoms in total. The lowest BCUT2D eigenvalue weighted by Crippen LogP contribution is -2.60. The third-order valence-corrected chi connectivity index (χ3v) is 8.93. The zero-order valence-electron chi connectivity index (χ0n) is 19.0. The Morgan fingerprint density at radius 3 is 2.64 bits per heavy atom. The Balaban J connectivity index is 1.17. The second-order valence-electron chi connectivity index (χ2n) is 10.5. The molecule has 2 saturated carbocycles. The van der Waals surface area contributed by atoms with Crippen molar-refractivity contribution in [2.24, 2.45) is 11.3 Å². The van der Waals surface area contributed by atoms with Gasteiger partial charge in [0.1, 0.15) is 5.82 Å². The number of amides is 1.